The molecule has 0 bridgehead atoms. The fourth-order valence-corrected chi connectivity index (χ4v) is 1.59. The number of carbonyl (C=O) groups is 2. The number of Topliss-reactive ketones (excluding diaryl/α,β-unsaturated/α-hetero) is 1. The summed E-state index contributed by atoms with van der Waals surface area (Å²) in [6.07, 6.45) is 1.48. The van der Waals surface area contributed by atoms with Crippen molar-refractivity contribution < 1.29 is 19.1 Å². The summed E-state index contributed by atoms with van der Waals surface area (Å²) in [6, 6.07) is 5.00. The minimum Gasteiger partial charge on any atom is -0.497 e. The molecule has 0 saturated heterocycles. The zero-order chi connectivity index (χ0) is 14.4. The fraction of sp³-hybridized carbons (Fsp3) is 0.286. The molecule has 1 aromatic carbocycles. The largest absolute Gasteiger partial charge is 0.497 e. The Morgan fingerprint density at radius 3 is 2.37 bits per heavy atom. The van der Waals surface area contributed by atoms with Gasteiger partial charge < -0.3 is 14.8 Å². The quantitative estimate of drug-likeness (QED) is 0.502. The van der Waals surface area contributed by atoms with Gasteiger partial charge in [-0.05, 0) is 26.0 Å². The van der Waals surface area contributed by atoms with Crippen molar-refractivity contribution in [3.63, 3.8) is 0 Å². The number of nitrogens with one attached hydrogen (secondary N) is 1. The lowest BCUT2D eigenvalue weighted by atomic mass is 10.1. The first kappa shape index (κ1) is 14.8. The number of rotatable bonds is 5. The van der Waals surface area contributed by atoms with Crippen LogP contribution in [0, 0.1) is 0 Å². The summed E-state index contributed by atoms with van der Waals surface area (Å²) in [5, 5.41) is 2.64. The van der Waals surface area contributed by atoms with E-state index >= 15 is 0 Å². The first-order valence-corrected chi connectivity index (χ1v) is 5.74. The van der Waals surface area contributed by atoms with Crippen LogP contribution in [0.4, 0.5) is 5.69 Å². The number of amides is 1. The first-order valence-electron chi connectivity index (χ1n) is 5.74. The van der Waals surface area contributed by atoms with Gasteiger partial charge in [0.25, 0.3) is 5.91 Å². The molecule has 0 unspecified atom stereocenters. The Morgan fingerprint density at radius 1 is 1.21 bits per heavy atom. The normalized spacial score (nSPS) is 10.8. The summed E-state index contributed by atoms with van der Waals surface area (Å²) < 4.78 is 10.2. The van der Waals surface area contributed by atoms with Gasteiger partial charge in [0.2, 0.25) is 0 Å². The van der Waals surface area contributed by atoms with Gasteiger partial charge in [0, 0.05) is 6.07 Å². The highest BCUT2D eigenvalue weighted by molar-refractivity contribution is 6.22. The molecule has 102 valence electrons. The lowest BCUT2D eigenvalue weighted by Gasteiger charge is -2.12. The van der Waals surface area contributed by atoms with E-state index in [2.05, 4.69) is 5.32 Å². The molecule has 0 aliphatic heterocycles. The molecular formula is C14H17NO4. The van der Waals surface area contributed by atoms with Crippen LogP contribution in [0.3, 0.4) is 0 Å². The van der Waals surface area contributed by atoms with Crippen LogP contribution in [0.15, 0.2) is 29.8 Å². The van der Waals surface area contributed by atoms with E-state index in [0.717, 1.165) is 0 Å². The Kier molecular flexibility index (Phi) is 5.11. The van der Waals surface area contributed by atoms with Gasteiger partial charge in [-0.15, -0.1) is 0 Å². The standard InChI is InChI=1S/C14H17NO4/c1-5-11(9(2)16)14(17)15-12-7-6-10(18-3)8-13(12)19-4/h5-8H,1-4H3,(H,15,17)/b11-5+. The van der Waals surface area contributed by atoms with Crippen LogP contribution >= 0.6 is 0 Å². The number of benzene rings is 1. The molecule has 0 atom stereocenters. The van der Waals surface area contributed by atoms with Crippen molar-refractivity contribution >= 4 is 17.4 Å². The number of hydrogen-bond acceptors (Lipinski definition) is 4. The number of methoxy groups -OCH3 is 2. The molecule has 0 radical (unpaired) electrons. The monoisotopic (exact) mass is 263 g/mol. The molecule has 0 aliphatic rings. The molecule has 0 heterocycles. The molecule has 1 aromatic rings. The average molecular weight is 263 g/mol. The molecule has 1 amide bonds. The summed E-state index contributed by atoms with van der Waals surface area (Å²) in [7, 11) is 3.03. The zero-order valence-corrected chi connectivity index (χ0v) is 11.4. The van der Waals surface area contributed by atoms with E-state index in [1.54, 1.807) is 32.2 Å². The van der Waals surface area contributed by atoms with Gasteiger partial charge >= 0.3 is 0 Å². The maximum Gasteiger partial charge on any atom is 0.259 e. The molecule has 0 aliphatic carbocycles. The number of anilines is 1. The second kappa shape index (κ2) is 6.58. The number of carbonyl (C=O) groups excluding carboxylic acids is 2. The van der Waals surface area contributed by atoms with Gasteiger partial charge in [-0.3, -0.25) is 9.59 Å². The van der Waals surface area contributed by atoms with Crippen LogP contribution in [0.1, 0.15) is 13.8 Å². The van der Waals surface area contributed by atoms with Crippen LogP contribution in [0.2, 0.25) is 0 Å². The topological polar surface area (TPSA) is 64.6 Å². The van der Waals surface area contributed by atoms with Gasteiger partial charge in [0.15, 0.2) is 5.78 Å². The van der Waals surface area contributed by atoms with Crippen molar-refractivity contribution in [2.45, 2.75) is 13.8 Å². The van der Waals surface area contributed by atoms with Crippen molar-refractivity contribution in [3.8, 4) is 11.5 Å². The SMILES string of the molecule is C/C=C(\C(C)=O)C(=O)Nc1ccc(OC)cc1OC. The van der Waals surface area contributed by atoms with E-state index in [-0.39, 0.29) is 11.4 Å². The number of ketones is 1. The Balaban J connectivity index is 2.99. The number of ether oxygens (including phenoxy) is 2. The second-order valence-electron chi connectivity index (χ2n) is 3.78. The van der Waals surface area contributed by atoms with Crippen LogP contribution in [-0.2, 0) is 9.59 Å². The molecule has 0 fully saturated rings. The molecule has 0 aromatic heterocycles. The minimum atomic E-state index is -0.460. The predicted molar refractivity (Wildman–Crippen MR) is 72.6 cm³/mol. The maximum absolute atomic E-state index is 11.9. The van der Waals surface area contributed by atoms with Crippen LogP contribution < -0.4 is 14.8 Å². The van der Waals surface area contributed by atoms with E-state index in [0.29, 0.717) is 17.2 Å². The van der Waals surface area contributed by atoms with Crippen molar-refractivity contribution in [3.05, 3.63) is 29.8 Å². The predicted octanol–water partition coefficient (Wildman–Crippen LogP) is 2.18. The van der Waals surface area contributed by atoms with Crippen molar-refractivity contribution in [2.24, 2.45) is 0 Å². The summed E-state index contributed by atoms with van der Waals surface area (Å²) >= 11 is 0. The summed E-state index contributed by atoms with van der Waals surface area (Å²) in [4.78, 5) is 23.2. The molecular weight excluding hydrogens is 246 g/mol. The highest BCUT2D eigenvalue weighted by Crippen LogP contribution is 2.29. The smallest absolute Gasteiger partial charge is 0.259 e. The van der Waals surface area contributed by atoms with Crippen molar-refractivity contribution in [1.29, 1.82) is 0 Å². The van der Waals surface area contributed by atoms with Crippen LogP contribution in [0.25, 0.3) is 0 Å². The number of allylic oxidation sites excluding steroid dienone is 1. The summed E-state index contributed by atoms with van der Waals surface area (Å²) in [6.45, 7) is 2.99. The molecule has 5 heteroatoms. The van der Waals surface area contributed by atoms with Crippen LogP contribution in [0.5, 0.6) is 11.5 Å². The lowest BCUT2D eigenvalue weighted by molar-refractivity contribution is -0.118. The second-order valence-corrected chi connectivity index (χ2v) is 3.78. The van der Waals surface area contributed by atoms with E-state index < -0.39 is 5.91 Å². The Bertz CT molecular complexity index is 520. The van der Waals surface area contributed by atoms with Crippen molar-refractivity contribution in [2.75, 3.05) is 19.5 Å². The Labute approximate surface area is 112 Å². The fourth-order valence-electron chi connectivity index (χ4n) is 1.59. The molecule has 0 spiro atoms. The molecule has 1 N–H and O–H groups in total. The summed E-state index contributed by atoms with van der Waals surface area (Å²) in [5.74, 6) is 0.338. The van der Waals surface area contributed by atoms with Crippen molar-refractivity contribution in [1.82, 2.24) is 0 Å². The maximum atomic E-state index is 11.9. The Morgan fingerprint density at radius 2 is 1.89 bits per heavy atom. The van der Waals surface area contributed by atoms with E-state index in [9.17, 15) is 9.59 Å². The first-order chi connectivity index (χ1) is 9.03. The third kappa shape index (κ3) is 3.58. The highest BCUT2D eigenvalue weighted by Gasteiger charge is 2.15. The highest BCUT2D eigenvalue weighted by atomic mass is 16.5. The van der Waals surface area contributed by atoms with Gasteiger partial charge in [-0.2, -0.15) is 0 Å². The van der Waals surface area contributed by atoms with E-state index in [1.165, 1.54) is 20.1 Å². The average Bonchev–Trinajstić information content (AvgIpc) is 2.39. The minimum absolute atomic E-state index is 0.109. The molecule has 1 rings (SSSR count). The van der Waals surface area contributed by atoms with Gasteiger partial charge in [0.1, 0.15) is 11.5 Å². The van der Waals surface area contributed by atoms with Gasteiger partial charge in [-0.1, -0.05) is 6.08 Å². The number of hydrogen-bond donors (Lipinski definition) is 1. The lowest BCUT2D eigenvalue weighted by Crippen LogP contribution is -2.19. The van der Waals surface area contributed by atoms with E-state index in [4.69, 9.17) is 9.47 Å². The molecule has 0 saturated carbocycles. The van der Waals surface area contributed by atoms with Crippen LogP contribution in [-0.4, -0.2) is 25.9 Å². The molecule has 5 nitrogen and oxygen atoms in total. The zero-order valence-electron chi connectivity index (χ0n) is 11.4. The summed E-state index contributed by atoms with van der Waals surface area (Å²) in [5.41, 5.74) is 0.590. The van der Waals surface area contributed by atoms with E-state index in [1.807, 2.05) is 0 Å². The van der Waals surface area contributed by atoms with Gasteiger partial charge in [-0.25, -0.2) is 0 Å². The third-order valence-electron chi connectivity index (χ3n) is 2.57. The third-order valence-corrected chi connectivity index (χ3v) is 2.57. The molecule has 19 heavy (non-hydrogen) atoms. The Hall–Kier alpha value is -2.30. The van der Waals surface area contributed by atoms with Gasteiger partial charge in [0.05, 0.1) is 25.5 Å².